The molecule has 0 aliphatic carbocycles. The molecule has 2 amide bonds. The van der Waals surface area contributed by atoms with E-state index < -0.39 is 28.5 Å². The van der Waals surface area contributed by atoms with Gasteiger partial charge >= 0.3 is 0 Å². The topological polar surface area (TPSA) is 86.8 Å². The Kier molecular flexibility index (Phi) is 12.2. The molecule has 0 unspecified atom stereocenters. The van der Waals surface area contributed by atoms with Gasteiger partial charge in [0.2, 0.25) is 21.8 Å². The number of nitrogens with zero attached hydrogens (tertiary/aromatic N) is 2. The van der Waals surface area contributed by atoms with E-state index in [0.717, 1.165) is 29.0 Å². The van der Waals surface area contributed by atoms with Gasteiger partial charge in [0, 0.05) is 40.1 Å². The van der Waals surface area contributed by atoms with Crippen LogP contribution in [0.2, 0.25) is 20.1 Å². The Bertz CT molecular complexity index is 1450. The first kappa shape index (κ1) is 33.0. The van der Waals surface area contributed by atoms with Gasteiger partial charge in [-0.3, -0.25) is 13.9 Å². The number of benzene rings is 3. The number of halogens is 4. The molecule has 0 heterocycles. The van der Waals surface area contributed by atoms with Crippen LogP contribution < -0.4 is 9.62 Å². The molecule has 0 bridgehead atoms. The number of amides is 2. The number of rotatable bonds is 13. The molecule has 0 aromatic heterocycles. The average Bonchev–Trinajstić information content (AvgIpc) is 2.91. The maximum absolute atomic E-state index is 14.1. The summed E-state index contributed by atoms with van der Waals surface area (Å²) >= 11 is 25.3. The Labute approximate surface area is 261 Å². The molecule has 41 heavy (non-hydrogen) atoms. The highest BCUT2D eigenvalue weighted by atomic mass is 35.5. The summed E-state index contributed by atoms with van der Waals surface area (Å²) in [6.07, 6.45) is 2.77. The molecule has 0 fully saturated rings. The molecular weight excluding hydrogens is 628 g/mol. The Hall–Kier alpha value is -2.49. The van der Waals surface area contributed by atoms with Crippen LogP contribution in [0.1, 0.15) is 30.9 Å². The van der Waals surface area contributed by atoms with Crippen molar-refractivity contribution in [2.75, 3.05) is 23.7 Å². The number of carbonyl (C=O) groups is 2. The quantitative estimate of drug-likeness (QED) is 0.209. The van der Waals surface area contributed by atoms with Crippen molar-refractivity contribution in [2.24, 2.45) is 0 Å². The highest BCUT2D eigenvalue weighted by Crippen LogP contribution is 2.31. The number of anilines is 1. The summed E-state index contributed by atoms with van der Waals surface area (Å²) < 4.78 is 26.7. The molecule has 0 aliphatic heterocycles. The number of hydrogen-bond donors (Lipinski definition) is 1. The minimum Gasteiger partial charge on any atom is -0.354 e. The van der Waals surface area contributed by atoms with Gasteiger partial charge in [-0.05, 0) is 42.3 Å². The predicted octanol–water partition coefficient (Wildman–Crippen LogP) is 6.62. The number of unbranched alkanes of at least 4 members (excludes halogenated alkanes) is 1. The number of carbonyl (C=O) groups excluding carboxylic acids is 2. The Morgan fingerprint density at radius 2 is 1.56 bits per heavy atom. The van der Waals surface area contributed by atoms with E-state index in [1.807, 2.05) is 37.3 Å². The molecule has 220 valence electrons. The molecule has 3 rings (SSSR count). The molecule has 0 saturated carbocycles. The third-order valence-electron chi connectivity index (χ3n) is 6.35. The van der Waals surface area contributed by atoms with E-state index >= 15 is 0 Å². The molecule has 12 heteroatoms. The lowest BCUT2D eigenvalue weighted by molar-refractivity contribution is -0.140. The lowest BCUT2D eigenvalue weighted by atomic mass is 10.0. The summed E-state index contributed by atoms with van der Waals surface area (Å²) in [4.78, 5) is 29.1. The van der Waals surface area contributed by atoms with Crippen LogP contribution in [0.4, 0.5) is 5.69 Å². The van der Waals surface area contributed by atoms with Gasteiger partial charge in [-0.1, -0.05) is 96.1 Å². The highest BCUT2D eigenvalue weighted by molar-refractivity contribution is 7.92. The van der Waals surface area contributed by atoms with Gasteiger partial charge in [0.05, 0.1) is 17.0 Å². The molecule has 0 saturated heterocycles. The highest BCUT2D eigenvalue weighted by Gasteiger charge is 2.34. The summed E-state index contributed by atoms with van der Waals surface area (Å²) in [5, 5.41) is 3.89. The van der Waals surface area contributed by atoms with Gasteiger partial charge < -0.3 is 10.2 Å². The van der Waals surface area contributed by atoms with E-state index in [1.54, 1.807) is 18.2 Å². The van der Waals surface area contributed by atoms with Crippen LogP contribution >= 0.6 is 46.4 Å². The van der Waals surface area contributed by atoms with Crippen LogP contribution in [0.15, 0.2) is 66.7 Å². The number of nitrogens with one attached hydrogen (secondary N) is 1. The average molecular weight is 659 g/mol. The van der Waals surface area contributed by atoms with Gasteiger partial charge in [-0.25, -0.2) is 8.42 Å². The van der Waals surface area contributed by atoms with Gasteiger partial charge in [0.25, 0.3) is 0 Å². The Morgan fingerprint density at radius 3 is 2.15 bits per heavy atom. The number of hydrogen-bond acceptors (Lipinski definition) is 4. The minimum absolute atomic E-state index is 0.0505. The van der Waals surface area contributed by atoms with Crippen LogP contribution in [0.3, 0.4) is 0 Å². The molecule has 3 aromatic carbocycles. The normalized spacial score (nSPS) is 12.0. The van der Waals surface area contributed by atoms with Crippen molar-refractivity contribution >= 4 is 73.9 Å². The first-order valence-corrected chi connectivity index (χ1v) is 16.2. The molecule has 1 N–H and O–H groups in total. The van der Waals surface area contributed by atoms with Gasteiger partial charge in [-0.2, -0.15) is 0 Å². The third kappa shape index (κ3) is 9.25. The standard InChI is InChI=1S/C29H31Cl4N3O4S/c1-3-4-15-34-29(38)27(16-20-9-6-5-7-10-20)35(18-22-23(31)11-8-12-24(22)32)28(37)19-36(41(2,39)40)26-14-13-21(30)17-25(26)33/h5-14,17,27H,3-4,15-16,18-19H2,1-2H3,(H,34,38)/t27-/m1/s1. The lowest BCUT2D eigenvalue weighted by Crippen LogP contribution is -2.53. The molecule has 0 radical (unpaired) electrons. The van der Waals surface area contributed by atoms with Gasteiger partial charge in [0.1, 0.15) is 12.6 Å². The molecule has 3 aromatic rings. The van der Waals surface area contributed by atoms with E-state index in [9.17, 15) is 18.0 Å². The second kappa shape index (κ2) is 15.1. The van der Waals surface area contributed by atoms with Crippen molar-refractivity contribution in [3.63, 3.8) is 0 Å². The first-order chi connectivity index (χ1) is 19.4. The molecule has 0 spiro atoms. The molecule has 1 atom stereocenters. The fraction of sp³-hybridized carbons (Fsp3) is 0.310. The van der Waals surface area contributed by atoms with Gasteiger partial charge in [0.15, 0.2) is 0 Å². The van der Waals surface area contributed by atoms with Crippen molar-refractivity contribution in [3.05, 3.63) is 97.9 Å². The lowest BCUT2D eigenvalue weighted by Gasteiger charge is -2.34. The second-order valence-electron chi connectivity index (χ2n) is 9.44. The minimum atomic E-state index is -3.99. The molecule has 0 aliphatic rings. The van der Waals surface area contributed by atoms with Crippen LogP contribution in [-0.2, 0) is 32.6 Å². The zero-order valence-electron chi connectivity index (χ0n) is 22.6. The largest absolute Gasteiger partial charge is 0.354 e. The SMILES string of the molecule is CCCCNC(=O)[C@@H](Cc1ccccc1)N(Cc1c(Cl)cccc1Cl)C(=O)CN(c1ccc(Cl)cc1Cl)S(C)(=O)=O. The van der Waals surface area contributed by atoms with E-state index in [4.69, 9.17) is 46.4 Å². The smallest absolute Gasteiger partial charge is 0.244 e. The molecule has 7 nitrogen and oxygen atoms in total. The van der Waals surface area contributed by atoms with Crippen LogP contribution in [0, 0.1) is 0 Å². The number of sulfonamides is 1. The Balaban J connectivity index is 2.10. The van der Waals surface area contributed by atoms with Gasteiger partial charge in [-0.15, -0.1) is 0 Å². The fourth-order valence-electron chi connectivity index (χ4n) is 4.19. The maximum atomic E-state index is 14.1. The van der Waals surface area contributed by atoms with Crippen molar-refractivity contribution in [3.8, 4) is 0 Å². The first-order valence-electron chi connectivity index (χ1n) is 12.9. The fourth-order valence-corrected chi connectivity index (χ4v) is 6.13. The van der Waals surface area contributed by atoms with E-state index in [2.05, 4.69) is 5.32 Å². The molecular formula is C29H31Cl4N3O4S. The van der Waals surface area contributed by atoms with Crippen molar-refractivity contribution in [2.45, 2.75) is 38.8 Å². The summed E-state index contributed by atoms with van der Waals surface area (Å²) in [6.45, 7) is 1.66. The second-order valence-corrected chi connectivity index (χ2v) is 13.0. The summed E-state index contributed by atoms with van der Waals surface area (Å²) in [7, 11) is -3.99. The monoisotopic (exact) mass is 657 g/mol. The summed E-state index contributed by atoms with van der Waals surface area (Å²) in [5.74, 6) is -1.03. The predicted molar refractivity (Wildman–Crippen MR) is 168 cm³/mol. The van der Waals surface area contributed by atoms with Crippen LogP contribution in [-0.4, -0.2) is 50.5 Å². The Morgan fingerprint density at radius 1 is 0.902 bits per heavy atom. The zero-order valence-corrected chi connectivity index (χ0v) is 26.5. The van der Waals surface area contributed by atoms with Crippen molar-refractivity contribution in [1.82, 2.24) is 10.2 Å². The summed E-state index contributed by atoms with van der Waals surface area (Å²) in [6, 6.07) is 17.5. The summed E-state index contributed by atoms with van der Waals surface area (Å²) in [5.41, 5.74) is 1.32. The van der Waals surface area contributed by atoms with E-state index in [0.29, 0.717) is 27.2 Å². The van der Waals surface area contributed by atoms with Crippen molar-refractivity contribution < 1.29 is 18.0 Å². The maximum Gasteiger partial charge on any atom is 0.244 e. The zero-order chi connectivity index (χ0) is 30.2. The van der Waals surface area contributed by atoms with E-state index in [1.165, 1.54) is 23.1 Å². The van der Waals surface area contributed by atoms with Crippen LogP contribution in [0.5, 0.6) is 0 Å². The van der Waals surface area contributed by atoms with E-state index in [-0.39, 0.29) is 29.6 Å². The van der Waals surface area contributed by atoms with Crippen LogP contribution in [0.25, 0.3) is 0 Å². The third-order valence-corrected chi connectivity index (χ3v) is 8.72. The van der Waals surface area contributed by atoms with Crippen molar-refractivity contribution in [1.29, 1.82) is 0 Å².